The Morgan fingerprint density at radius 3 is 2.33 bits per heavy atom. The molecule has 0 aliphatic heterocycles. The first-order valence-electron chi connectivity index (χ1n) is 11.7. The summed E-state index contributed by atoms with van der Waals surface area (Å²) in [6.45, 7) is 4.01. The largest absolute Gasteiger partial charge is 0.481 e. The minimum atomic E-state index is -0.945. The van der Waals surface area contributed by atoms with Crippen LogP contribution in [-0.4, -0.2) is 27.0 Å². The molecule has 1 heterocycles. The third-order valence-electron chi connectivity index (χ3n) is 5.90. The molecule has 36 heavy (non-hydrogen) atoms. The molecule has 7 nitrogen and oxygen atoms in total. The Morgan fingerprint density at radius 2 is 1.69 bits per heavy atom. The number of hydrogen-bond acceptors (Lipinski definition) is 5. The molecule has 0 amide bonds. The van der Waals surface area contributed by atoms with Gasteiger partial charge in [-0.1, -0.05) is 77.4 Å². The maximum atomic E-state index is 11.9. The highest BCUT2D eigenvalue weighted by molar-refractivity contribution is 6.00. The number of benzene rings is 3. The average molecular weight is 484 g/mol. The summed E-state index contributed by atoms with van der Waals surface area (Å²) in [6.07, 6.45) is 3.54. The Labute approximate surface area is 210 Å². The van der Waals surface area contributed by atoms with E-state index in [1.54, 1.807) is 13.1 Å². The Bertz CT molecular complexity index is 1270. The van der Waals surface area contributed by atoms with E-state index in [1.165, 1.54) is 5.56 Å². The van der Waals surface area contributed by atoms with Gasteiger partial charge in [0.05, 0.1) is 11.9 Å². The van der Waals surface area contributed by atoms with Crippen molar-refractivity contribution in [2.24, 2.45) is 11.1 Å². The van der Waals surface area contributed by atoms with Gasteiger partial charge in [0, 0.05) is 11.8 Å². The topological polar surface area (TPSA) is 96.8 Å². The summed E-state index contributed by atoms with van der Waals surface area (Å²) >= 11 is 0. The second-order valence-corrected chi connectivity index (χ2v) is 8.67. The van der Waals surface area contributed by atoms with Crippen molar-refractivity contribution < 1.29 is 19.5 Å². The molecule has 0 spiro atoms. The van der Waals surface area contributed by atoms with E-state index in [0.29, 0.717) is 17.9 Å². The SMILES string of the molecule is CC(=NOCc1ccccc1)C(Cc1ccc(OC(c2ccc(C)cc2)c2cn[nH]c2)cc1)C(=O)O. The molecule has 0 aliphatic carbocycles. The minimum Gasteiger partial charge on any atom is -0.481 e. The molecule has 0 saturated carbocycles. The highest BCUT2D eigenvalue weighted by Crippen LogP contribution is 2.29. The van der Waals surface area contributed by atoms with Gasteiger partial charge in [-0.05, 0) is 49.1 Å². The summed E-state index contributed by atoms with van der Waals surface area (Å²) in [4.78, 5) is 17.3. The maximum absolute atomic E-state index is 11.9. The van der Waals surface area contributed by atoms with Crippen LogP contribution in [0.2, 0.25) is 0 Å². The van der Waals surface area contributed by atoms with Gasteiger partial charge in [0.15, 0.2) is 6.10 Å². The summed E-state index contributed by atoms with van der Waals surface area (Å²) in [5.74, 6) is -1.06. The third-order valence-corrected chi connectivity index (χ3v) is 5.90. The van der Waals surface area contributed by atoms with Crippen molar-refractivity contribution in [3.05, 3.63) is 119 Å². The van der Waals surface area contributed by atoms with Crippen molar-refractivity contribution in [1.82, 2.24) is 10.2 Å². The molecule has 7 heteroatoms. The molecular weight excluding hydrogens is 454 g/mol. The van der Waals surface area contributed by atoms with Gasteiger partial charge in [0.25, 0.3) is 0 Å². The van der Waals surface area contributed by atoms with Crippen molar-refractivity contribution in [2.45, 2.75) is 33.0 Å². The number of aromatic nitrogens is 2. The number of rotatable bonds is 11. The number of aryl methyl sites for hydroxylation is 1. The number of ether oxygens (including phenoxy) is 1. The van der Waals surface area contributed by atoms with Crippen LogP contribution in [0.1, 0.15) is 40.8 Å². The molecule has 3 aromatic carbocycles. The quantitative estimate of drug-likeness (QED) is 0.210. The highest BCUT2D eigenvalue weighted by atomic mass is 16.6. The number of nitrogens with one attached hydrogen (secondary N) is 1. The normalized spacial score (nSPS) is 13.1. The molecule has 1 aromatic heterocycles. The fourth-order valence-corrected chi connectivity index (χ4v) is 3.81. The molecular formula is C29H29N3O4. The first-order valence-corrected chi connectivity index (χ1v) is 11.7. The molecule has 4 aromatic rings. The number of hydrogen-bond donors (Lipinski definition) is 2. The molecule has 0 bridgehead atoms. The van der Waals surface area contributed by atoms with Gasteiger partial charge in [-0.25, -0.2) is 0 Å². The van der Waals surface area contributed by atoms with Crippen molar-refractivity contribution in [3.8, 4) is 5.75 Å². The van der Waals surface area contributed by atoms with Gasteiger partial charge in [-0.15, -0.1) is 0 Å². The van der Waals surface area contributed by atoms with Crippen LogP contribution in [0.15, 0.2) is 96.4 Å². The zero-order valence-electron chi connectivity index (χ0n) is 20.3. The number of H-pyrrole nitrogens is 1. The first kappa shape index (κ1) is 24.7. The van der Waals surface area contributed by atoms with Gasteiger partial charge < -0.3 is 14.7 Å². The van der Waals surface area contributed by atoms with Crippen LogP contribution < -0.4 is 4.74 Å². The van der Waals surface area contributed by atoms with Crippen LogP contribution in [0.5, 0.6) is 5.75 Å². The van der Waals surface area contributed by atoms with E-state index in [-0.39, 0.29) is 12.7 Å². The van der Waals surface area contributed by atoms with Gasteiger partial charge in [0.2, 0.25) is 0 Å². The molecule has 0 radical (unpaired) electrons. The second kappa shape index (κ2) is 11.8. The van der Waals surface area contributed by atoms with Crippen LogP contribution in [-0.2, 0) is 22.7 Å². The average Bonchev–Trinajstić information content (AvgIpc) is 3.42. The molecule has 4 rings (SSSR count). The number of carboxylic acids is 1. The lowest BCUT2D eigenvalue weighted by Gasteiger charge is -2.19. The Balaban J connectivity index is 1.43. The molecule has 184 valence electrons. The van der Waals surface area contributed by atoms with Crippen LogP contribution in [0.25, 0.3) is 0 Å². The van der Waals surface area contributed by atoms with Crippen molar-refractivity contribution in [2.75, 3.05) is 0 Å². The fraction of sp³-hybridized carbons (Fsp3) is 0.207. The first-order chi connectivity index (χ1) is 17.5. The summed E-state index contributed by atoms with van der Waals surface area (Å²) in [5.41, 5.74) is 5.35. The van der Waals surface area contributed by atoms with E-state index in [4.69, 9.17) is 9.57 Å². The van der Waals surface area contributed by atoms with Gasteiger partial charge >= 0.3 is 5.97 Å². The van der Waals surface area contributed by atoms with E-state index in [9.17, 15) is 9.90 Å². The molecule has 2 atom stereocenters. The molecule has 0 fully saturated rings. The third kappa shape index (κ3) is 6.60. The zero-order chi connectivity index (χ0) is 25.3. The van der Waals surface area contributed by atoms with Crippen LogP contribution in [0.3, 0.4) is 0 Å². The summed E-state index contributed by atoms with van der Waals surface area (Å²) < 4.78 is 6.31. The van der Waals surface area contributed by atoms with E-state index >= 15 is 0 Å². The lowest BCUT2D eigenvalue weighted by atomic mass is 9.95. The highest BCUT2D eigenvalue weighted by Gasteiger charge is 2.23. The molecule has 0 saturated heterocycles. The smallest absolute Gasteiger partial charge is 0.312 e. The van der Waals surface area contributed by atoms with E-state index in [1.807, 2.05) is 92.0 Å². The summed E-state index contributed by atoms with van der Waals surface area (Å²) in [5, 5.41) is 20.8. The molecule has 2 unspecified atom stereocenters. The Hall–Kier alpha value is -4.39. The zero-order valence-corrected chi connectivity index (χ0v) is 20.3. The lowest BCUT2D eigenvalue weighted by Crippen LogP contribution is -2.24. The van der Waals surface area contributed by atoms with Crippen LogP contribution in [0.4, 0.5) is 0 Å². The number of oxime groups is 1. The number of aliphatic carboxylic acids is 1. The van der Waals surface area contributed by atoms with Crippen molar-refractivity contribution in [3.63, 3.8) is 0 Å². The van der Waals surface area contributed by atoms with E-state index in [0.717, 1.165) is 22.3 Å². The molecule has 0 aliphatic rings. The van der Waals surface area contributed by atoms with Gasteiger partial charge in [-0.2, -0.15) is 5.10 Å². The van der Waals surface area contributed by atoms with Gasteiger partial charge in [0.1, 0.15) is 18.3 Å². The number of aromatic amines is 1. The van der Waals surface area contributed by atoms with Gasteiger partial charge in [-0.3, -0.25) is 9.89 Å². The van der Waals surface area contributed by atoms with E-state index in [2.05, 4.69) is 15.4 Å². The summed E-state index contributed by atoms with van der Waals surface area (Å²) in [7, 11) is 0. The van der Waals surface area contributed by atoms with E-state index < -0.39 is 11.9 Å². The van der Waals surface area contributed by atoms with Crippen molar-refractivity contribution >= 4 is 11.7 Å². The maximum Gasteiger partial charge on any atom is 0.312 e. The number of nitrogens with zero attached hydrogens (tertiary/aromatic N) is 2. The number of carbonyl (C=O) groups is 1. The lowest BCUT2D eigenvalue weighted by molar-refractivity contribution is -0.139. The predicted octanol–water partition coefficient (Wildman–Crippen LogP) is 5.72. The van der Waals surface area contributed by atoms with Crippen LogP contribution in [0, 0.1) is 12.8 Å². The summed E-state index contributed by atoms with van der Waals surface area (Å²) in [6, 6.07) is 25.3. The number of carboxylic acid groups (broad SMARTS) is 1. The Kier molecular flexibility index (Phi) is 8.13. The predicted molar refractivity (Wildman–Crippen MR) is 138 cm³/mol. The van der Waals surface area contributed by atoms with Crippen LogP contribution >= 0.6 is 0 Å². The standard InChI is InChI=1S/C29H29N3O4/c1-20-8-12-24(13-9-20)28(25-17-30-31-18-25)36-26-14-10-22(11-15-26)16-27(29(33)34)21(2)32-35-19-23-6-4-3-5-7-23/h3-15,17-18,27-28H,16,19H2,1-2H3,(H,30,31)(H,33,34). The second-order valence-electron chi connectivity index (χ2n) is 8.67. The fourth-order valence-electron chi connectivity index (χ4n) is 3.81. The Morgan fingerprint density at radius 1 is 0.972 bits per heavy atom. The van der Waals surface area contributed by atoms with Crippen molar-refractivity contribution in [1.29, 1.82) is 0 Å². The monoisotopic (exact) mass is 483 g/mol. The molecule has 2 N–H and O–H groups in total. The minimum absolute atomic E-state index is 0.287.